The van der Waals surface area contributed by atoms with Crippen LogP contribution in [0.3, 0.4) is 0 Å². The van der Waals surface area contributed by atoms with Crippen molar-refractivity contribution in [2.24, 2.45) is 5.92 Å². The van der Waals surface area contributed by atoms with E-state index < -0.39 is 15.6 Å². The van der Waals surface area contributed by atoms with Crippen molar-refractivity contribution < 1.29 is 8.42 Å². The van der Waals surface area contributed by atoms with Gasteiger partial charge in [-0.3, -0.25) is 0 Å². The molecule has 104 valence electrons. The van der Waals surface area contributed by atoms with E-state index in [2.05, 4.69) is 4.72 Å². The molecule has 0 saturated heterocycles. The number of nitrogens with one attached hydrogen (secondary N) is 1. The second-order valence-electron chi connectivity index (χ2n) is 4.65. The van der Waals surface area contributed by atoms with Gasteiger partial charge in [0.1, 0.15) is 10.4 Å². The predicted molar refractivity (Wildman–Crippen MR) is 75.6 cm³/mol. The van der Waals surface area contributed by atoms with Crippen LogP contribution in [0.2, 0.25) is 10.0 Å². The molecule has 0 aliphatic rings. The Balaban J connectivity index is 3.27. The Kier molecular flexibility index (Phi) is 4.86. The molecular formula is C12H14Cl2N2O2S. The third kappa shape index (κ3) is 3.61. The molecule has 0 bridgehead atoms. The van der Waals surface area contributed by atoms with Gasteiger partial charge in [0.25, 0.3) is 0 Å². The summed E-state index contributed by atoms with van der Waals surface area (Å²) in [6.45, 7) is 5.03. The van der Waals surface area contributed by atoms with Crippen molar-refractivity contribution in [3.8, 4) is 6.07 Å². The molecular weight excluding hydrogens is 307 g/mol. The Morgan fingerprint density at radius 1 is 1.37 bits per heavy atom. The van der Waals surface area contributed by atoms with E-state index in [0.717, 1.165) is 0 Å². The molecule has 1 rings (SSSR count). The van der Waals surface area contributed by atoms with Gasteiger partial charge in [0, 0.05) is 5.02 Å². The van der Waals surface area contributed by atoms with Gasteiger partial charge in [-0.1, -0.05) is 37.0 Å². The Bertz CT molecular complexity index is 623. The average Bonchev–Trinajstić information content (AvgIpc) is 2.31. The van der Waals surface area contributed by atoms with E-state index >= 15 is 0 Å². The van der Waals surface area contributed by atoms with Crippen LogP contribution in [0.4, 0.5) is 0 Å². The number of halogens is 2. The number of rotatable bonds is 4. The van der Waals surface area contributed by atoms with Crippen LogP contribution in [0.15, 0.2) is 23.1 Å². The van der Waals surface area contributed by atoms with Crippen molar-refractivity contribution in [1.82, 2.24) is 4.72 Å². The lowest BCUT2D eigenvalue weighted by molar-refractivity contribution is 0.389. The van der Waals surface area contributed by atoms with Gasteiger partial charge in [-0.2, -0.15) is 9.98 Å². The summed E-state index contributed by atoms with van der Waals surface area (Å²) >= 11 is 11.6. The van der Waals surface area contributed by atoms with Gasteiger partial charge in [-0.25, -0.2) is 8.42 Å². The first kappa shape index (κ1) is 16.3. The maximum absolute atomic E-state index is 12.3. The quantitative estimate of drug-likeness (QED) is 0.926. The van der Waals surface area contributed by atoms with E-state index in [9.17, 15) is 8.42 Å². The first-order valence-corrected chi connectivity index (χ1v) is 7.76. The summed E-state index contributed by atoms with van der Waals surface area (Å²) in [4.78, 5) is -0.135. The highest BCUT2D eigenvalue weighted by Crippen LogP contribution is 2.27. The Hall–Kier alpha value is -0.800. The fourth-order valence-corrected chi connectivity index (χ4v) is 3.50. The van der Waals surface area contributed by atoms with Gasteiger partial charge < -0.3 is 0 Å². The molecule has 4 nitrogen and oxygen atoms in total. The summed E-state index contributed by atoms with van der Waals surface area (Å²) in [5.41, 5.74) is -1.22. The molecule has 0 unspecified atom stereocenters. The standard InChI is InChI=1S/C12H14Cl2N2O2S/c1-8(2)12(3,7-15)16-19(17,18)11-6-9(13)4-5-10(11)14/h4-6,8,16H,1-3H3/t12-/m1/s1. The summed E-state index contributed by atoms with van der Waals surface area (Å²) in [5.74, 6) is -0.203. The van der Waals surface area contributed by atoms with E-state index in [-0.39, 0.29) is 20.9 Å². The highest BCUT2D eigenvalue weighted by Gasteiger charge is 2.34. The van der Waals surface area contributed by atoms with Crippen LogP contribution in [0.5, 0.6) is 0 Å². The van der Waals surface area contributed by atoms with Gasteiger partial charge in [0.15, 0.2) is 0 Å². The number of benzene rings is 1. The van der Waals surface area contributed by atoms with E-state index in [1.54, 1.807) is 13.8 Å². The molecule has 1 atom stereocenters. The fraction of sp³-hybridized carbons (Fsp3) is 0.417. The SMILES string of the molecule is CC(C)[C@@](C)(C#N)NS(=O)(=O)c1cc(Cl)ccc1Cl. The number of hydrogen-bond donors (Lipinski definition) is 1. The van der Waals surface area contributed by atoms with Gasteiger partial charge >= 0.3 is 0 Å². The second-order valence-corrected chi connectivity index (χ2v) is 7.14. The zero-order chi connectivity index (χ0) is 14.8. The first-order chi connectivity index (χ1) is 8.62. The van der Waals surface area contributed by atoms with Crippen LogP contribution in [-0.4, -0.2) is 14.0 Å². The highest BCUT2D eigenvalue weighted by atomic mass is 35.5. The molecule has 0 amide bonds. The minimum absolute atomic E-state index is 0.0564. The third-order valence-electron chi connectivity index (χ3n) is 2.92. The molecule has 1 aromatic carbocycles. The van der Waals surface area contributed by atoms with Gasteiger partial charge in [0.05, 0.1) is 11.1 Å². The van der Waals surface area contributed by atoms with Crippen LogP contribution in [0, 0.1) is 17.2 Å². The Morgan fingerprint density at radius 3 is 2.42 bits per heavy atom. The minimum atomic E-state index is -3.92. The summed E-state index contributed by atoms with van der Waals surface area (Å²) in [6.07, 6.45) is 0. The van der Waals surface area contributed by atoms with Gasteiger partial charge in [-0.15, -0.1) is 0 Å². The summed E-state index contributed by atoms with van der Waals surface area (Å²) < 4.78 is 26.9. The highest BCUT2D eigenvalue weighted by molar-refractivity contribution is 7.89. The van der Waals surface area contributed by atoms with Gasteiger partial charge in [-0.05, 0) is 31.0 Å². The molecule has 1 N–H and O–H groups in total. The Morgan fingerprint density at radius 2 is 1.95 bits per heavy atom. The van der Waals surface area contributed by atoms with Crippen molar-refractivity contribution in [2.45, 2.75) is 31.2 Å². The number of hydrogen-bond acceptors (Lipinski definition) is 3. The zero-order valence-electron chi connectivity index (χ0n) is 10.7. The second kappa shape index (κ2) is 5.68. The van der Waals surface area contributed by atoms with Crippen molar-refractivity contribution in [3.63, 3.8) is 0 Å². The largest absolute Gasteiger partial charge is 0.243 e. The lowest BCUT2D eigenvalue weighted by Crippen LogP contribution is -2.48. The normalized spacial score (nSPS) is 15.0. The van der Waals surface area contributed by atoms with Crippen molar-refractivity contribution in [3.05, 3.63) is 28.2 Å². The molecule has 0 saturated carbocycles. The fourth-order valence-electron chi connectivity index (χ4n) is 1.29. The number of nitrogens with zero attached hydrogens (tertiary/aromatic N) is 1. The first-order valence-electron chi connectivity index (χ1n) is 5.52. The van der Waals surface area contributed by atoms with Crippen LogP contribution in [-0.2, 0) is 10.0 Å². The average molecular weight is 321 g/mol. The molecule has 0 aliphatic heterocycles. The summed E-state index contributed by atoms with van der Waals surface area (Å²) in [5, 5.41) is 9.47. The lowest BCUT2D eigenvalue weighted by Gasteiger charge is -2.27. The summed E-state index contributed by atoms with van der Waals surface area (Å²) in [7, 11) is -3.92. The van der Waals surface area contributed by atoms with Crippen LogP contribution in [0.25, 0.3) is 0 Å². The maximum Gasteiger partial charge on any atom is 0.243 e. The van der Waals surface area contributed by atoms with Crippen LogP contribution >= 0.6 is 23.2 Å². The van der Waals surface area contributed by atoms with Crippen molar-refractivity contribution >= 4 is 33.2 Å². The minimum Gasteiger partial charge on any atom is -0.207 e. The molecule has 0 radical (unpaired) electrons. The van der Waals surface area contributed by atoms with E-state index in [0.29, 0.717) is 0 Å². The van der Waals surface area contributed by atoms with Crippen molar-refractivity contribution in [2.75, 3.05) is 0 Å². The topological polar surface area (TPSA) is 70.0 Å². The Labute approximate surface area is 123 Å². The zero-order valence-corrected chi connectivity index (χ0v) is 13.1. The molecule has 0 aromatic heterocycles. The van der Waals surface area contributed by atoms with E-state index in [1.165, 1.54) is 25.1 Å². The van der Waals surface area contributed by atoms with Crippen LogP contribution < -0.4 is 4.72 Å². The molecule has 0 heterocycles. The molecule has 0 spiro atoms. The summed E-state index contributed by atoms with van der Waals surface area (Å²) in [6, 6.07) is 6.12. The number of nitriles is 1. The molecule has 0 aliphatic carbocycles. The monoisotopic (exact) mass is 320 g/mol. The molecule has 0 fully saturated rings. The van der Waals surface area contributed by atoms with Gasteiger partial charge in [0.2, 0.25) is 10.0 Å². The lowest BCUT2D eigenvalue weighted by atomic mass is 9.92. The molecule has 7 heteroatoms. The smallest absolute Gasteiger partial charge is 0.207 e. The predicted octanol–water partition coefficient (Wildman–Crippen LogP) is 3.21. The van der Waals surface area contributed by atoms with Crippen LogP contribution in [0.1, 0.15) is 20.8 Å². The molecule has 1 aromatic rings. The van der Waals surface area contributed by atoms with Crippen molar-refractivity contribution in [1.29, 1.82) is 5.26 Å². The van der Waals surface area contributed by atoms with E-state index in [1.807, 2.05) is 6.07 Å². The maximum atomic E-state index is 12.3. The molecule has 19 heavy (non-hydrogen) atoms. The van der Waals surface area contributed by atoms with E-state index in [4.69, 9.17) is 28.5 Å². The number of sulfonamides is 1. The third-order valence-corrected chi connectivity index (χ3v) is 5.20.